The number of aryl methyl sites for hydroxylation is 1. The molecule has 1 N–H and O–H groups in total. The van der Waals surface area contributed by atoms with Crippen LogP contribution in [0.15, 0.2) is 42.7 Å². The van der Waals surface area contributed by atoms with E-state index in [0.29, 0.717) is 4.21 Å². The van der Waals surface area contributed by atoms with Gasteiger partial charge >= 0.3 is 0 Å². The van der Waals surface area contributed by atoms with E-state index in [1.165, 1.54) is 140 Å². The molecule has 0 amide bonds. The highest BCUT2D eigenvalue weighted by atomic mass is 32.2. The van der Waals surface area contributed by atoms with E-state index >= 15 is 0 Å². The normalized spacial score (nSPS) is 11.6. The third-order valence-electron chi connectivity index (χ3n) is 8.70. The Hall–Kier alpha value is -0.840. The Bertz CT molecular complexity index is 1040. The second-order valence-corrected chi connectivity index (χ2v) is 17.3. The molecule has 0 unspecified atom stereocenters. The number of sulfone groups is 1. The lowest BCUT2D eigenvalue weighted by molar-refractivity contribution is -0.929. The smallest absolute Gasteiger partial charge is 0.215 e. The average Bonchev–Trinajstić information content (AvgIpc) is 3.42. The molecule has 0 atom stereocenters. The molecule has 0 saturated carbocycles. The van der Waals surface area contributed by atoms with Gasteiger partial charge in [-0.25, -0.2) is 8.42 Å². The molecule has 2 rings (SSSR count). The van der Waals surface area contributed by atoms with Gasteiger partial charge in [0.05, 0.1) is 50.7 Å². The predicted octanol–water partition coefficient (Wildman–Crippen LogP) is 9.37. The van der Waals surface area contributed by atoms with Crippen LogP contribution in [0.1, 0.15) is 144 Å². The predicted molar refractivity (Wildman–Crippen MR) is 210 cm³/mol. The van der Waals surface area contributed by atoms with Crippen LogP contribution >= 0.6 is 11.3 Å². The summed E-state index contributed by atoms with van der Waals surface area (Å²) in [6, 6.07) is 6.59. The number of thiazole rings is 1. The largest absolute Gasteiger partial charge is 0.761 e. The lowest BCUT2D eigenvalue weighted by Gasteiger charge is -2.39. The zero-order valence-corrected chi connectivity index (χ0v) is 34.8. The third-order valence-corrected chi connectivity index (χ3v) is 12.7. The molecule has 0 fully saturated rings. The molecule has 0 spiro atoms. The van der Waals surface area contributed by atoms with Gasteiger partial charge in [-0.1, -0.05) is 116 Å². The molecule has 47 heavy (non-hydrogen) atoms. The van der Waals surface area contributed by atoms with Crippen molar-refractivity contribution in [3.8, 4) is 0 Å². The Kier molecular flexibility index (Phi) is 27.4. The van der Waals surface area contributed by atoms with Gasteiger partial charge in [0, 0.05) is 0 Å². The van der Waals surface area contributed by atoms with Crippen molar-refractivity contribution in [1.29, 1.82) is 0 Å². The molecule has 0 radical (unpaired) electrons. The maximum Gasteiger partial charge on any atom is 0.215 e. The molecule has 1 heterocycles. The van der Waals surface area contributed by atoms with Crippen molar-refractivity contribution < 1.29 is 17.8 Å². The van der Waals surface area contributed by atoms with E-state index in [0.717, 1.165) is 16.9 Å². The zero-order chi connectivity index (χ0) is 35.6. The minimum absolute atomic E-state index is 0.0312. The van der Waals surface area contributed by atoms with Crippen LogP contribution in [-0.4, -0.2) is 63.7 Å². The van der Waals surface area contributed by atoms with E-state index in [1.807, 2.05) is 11.8 Å². The zero-order valence-electron chi connectivity index (χ0n) is 31.5. The van der Waals surface area contributed by atoms with Crippen molar-refractivity contribution in [1.82, 2.24) is 4.98 Å². The van der Waals surface area contributed by atoms with Crippen LogP contribution in [0.25, 0.3) is 0 Å². The van der Waals surface area contributed by atoms with E-state index in [4.69, 9.17) is 25.3 Å². The molecule has 274 valence electrons. The van der Waals surface area contributed by atoms with Gasteiger partial charge in [0.1, 0.15) is 4.34 Å². The molecule has 0 aliphatic rings. The number of hydrogen-bond acceptors (Lipinski definition) is 6. The Morgan fingerprint density at radius 3 is 1.30 bits per heavy atom. The van der Waals surface area contributed by atoms with Gasteiger partial charge in [-0.05, 0) is 64.0 Å². The summed E-state index contributed by atoms with van der Waals surface area (Å²) in [5.74, 6) is 0. The molecular formula is C38H71N3O2S4. The molecular weight excluding hydrogens is 659 g/mol. The fourth-order valence-corrected chi connectivity index (χ4v) is 8.59. The fourth-order valence-electron chi connectivity index (χ4n) is 5.51. The number of benzene rings is 1. The van der Waals surface area contributed by atoms with Crippen molar-refractivity contribution in [2.75, 3.05) is 45.8 Å². The summed E-state index contributed by atoms with van der Waals surface area (Å²) < 4.78 is 26.1. The van der Waals surface area contributed by atoms with Gasteiger partial charge in [0.15, 0.2) is 0 Å². The topological polar surface area (TPSA) is 51.5 Å². The SMILES string of the molecule is CCCC[N+](CCCC)(CCCC)CCCC.CCCC[NH+](CCCC)CCCC.Cc1ccc(S(=O)(=O)c2nc([S-])c([S-])s2)cc1. The highest BCUT2D eigenvalue weighted by Crippen LogP contribution is 2.27. The Morgan fingerprint density at radius 2 is 1.00 bits per heavy atom. The summed E-state index contributed by atoms with van der Waals surface area (Å²) in [7, 11) is -3.58. The van der Waals surface area contributed by atoms with Crippen LogP contribution in [0.3, 0.4) is 0 Å². The van der Waals surface area contributed by atoms with Gasteiger partial charge in [0.25, 0.3) is 0 Å². The number of aromatic nitrogens is 1. The van der Waals surface area contributed by atoms with Gasteiger partial charge in [-0.2, -0.15) is 0 Å². The number of unbranched alkanes of at least 4 members (excludes halogenated alkanes) is 7. The van der Waals surface area contributed by atoms with Crippen LogP contribution in [0.4, 0.5) is 0 Å². The second kappa shape index (κ2) is 27.9. The summed E-state index contributed by atoms with van der Waals surface area (Å²) in [4.78, 5) is 5.87. The lowest BCUT2D eigenvalue weighted by Crippen LogP contribution is -3.12. The highest BCUT2D eigenvalue weighted by molar-refractivity contribution is 7.93. The first kappa shape index (κ1) is 46.2. The van der Waals surface area contributed by atoms with Crippen LogP contribution in [0.2, 0.25) is 0 Å². The first-order valence-electron chi connectivity index (χ1n) is 18.9. The van der Waals surface area contributed by atoms with E-state index < -0.39 is 9.84 Å². The first-order valence-corrected chi connectivity index (χ1v) is 22.0. The van der Waals surface area contributed by atoms with E-state index in [-0.39, 0.29) is 14.3 Å². The van der Waals surface area contributed by atoms with Gasteiger partial charge in [0.2, 0.25) is 9.84 Å². The molecule has 2 aromatic rings. The number of quaternary nitrogens is 2. The molecule has 5 nitrogen and oxygen atoms in total. The molecule has 0 bridgehead atoms. The van der Waals surface area contributed by atoms with E-state index in [2.05, 4.69) is 53.5 Å². The second-order valence-electron chi connectivity index (χ2n) is 13.1. The quantitative estimate of drug-likeness (QED) is 0.0913. The summed E-state index contributed by atoms with van der Waals surface area (Å²) in [6.45, 7) is 28.0. The number of rotatable bonds is 23. The molecule has 0 aliphatic carbocycles. The summed E-state index contributed by atoms with van der Waals surface area (Å²) in [6.07, 6.45) is 19.3. The minimum atomic E-state index is -3.58. The summed E-state index contributed by atoms with van der Waals surface area (Å²) in [5.41, 5.74) is 0.996. The van der Waals surface area contributed by atoms with Crippen molar-refractivity contribution in [3.05, 3.63) is 29.8 Å². The maximum atomic E-state index is 12.2. The Balaban J connectivity index is 0.000000684. The molecule has 0 saturated heterocycles. The average molecular weight is 730 g/mol. The van der Waals surface area contributed by atoms with E-state index in [9.17, 15) is 8.42 Å². The number of nitrogens with zero attached hydrogens (tertiary/aromatic N) is 2. The molecule has 9 heteroatoms. The van der Waals surface area contributed by atoms with Crippen LogP contribution < -0.4 is 4.90 Å². The third kappa shape index (κ3) is 19.8. The van der Waals surface area contributed by atoms with Gasteiger partial charge in [-0.15, -0.1) is 4.21 Å². The van der Waals surface area contributed by atoms with Crippen molar-refractivity contribution in [2.24, 2.45) is 0 Å². The summed E-state index contributed by atoms with van der Waals surface area (Å²) in [5, 5.41) is 0.177. The van der Waals surface area contributed by atoms with Crippen molar-refractivity contribution in [2.45, 2.75) is 164 Å². The van der Waals surface area contributed by atoms with Gasteiger partial charge in [-0.3, -0.25) is 4.98 Å². The maximum absolute atomic E-state index is 12.2. The van der Waals surface area contributed by atoms with Crippen molar-refractivity contribution in [3.63, 3.8) is 0 Å². The Morgan fingerprint density at radius 1 is 0.638 bits per heavy atom. The monoisotopic (exact) mass is 729 g/mol. The fraction of sp³-hybridized carbons (Fsp3) is 0.763. The van der Waals surface area contributed by atoms with Crippen LogP contribution in [-0.2, 0) is 35.1 Å². The Labute approximate surface area is 307 Å². The van der Waals surface area contributed by atoms with E-state index in [1.54, 1.807) is 24.3 Å². The van der Waals surface area contributed by atoms with Crippen molar-refractivity contribution >= 4 is 46.4 Å². The minimum Gasteiger partial charge on any atom is -0.761 e. The van der Waals surface area contributed by atoms with Crippen LogP contribution in [0, 0.1) is 6.92 Å². The standard InChI is InChI=1S/C16H36N.C12H27N.C10H9NO2S4/c1-5-9-13-17(14-10-6-2,15-11-7-3)16-12-8-4;1-4-7-10-13(11-8-5-2)12-9-6-3;1-6-2-4-7(5-3-6)17(12,13)10-11-8(14)9(15)16-10/h5-16H2,1-4H3;4-12H2,1-3H3;2-5,14-15H,1H3/q+1;;/p-1. The summed E-state index contributed by atoms with van der Waals surface area (Å²) >= 11 is 10.7. The number of hydrogen-bond donors (Lipinski definition) is 1. The first-order chi connectivity index (χ1) is 22.5. The van der Waals surface area contributed by atoms with Crippen LogP contribution in [0.5, 0.6) is 0 Å². The highest BCUT2D eigenvalue weighted by Gasteiger charge is 2.24. The molecule has 0 aliphatic heterocycles. The molecule has 1 aromatic heterocycles. The lowest BCUT2D eigenvalue weighted by atomic mass is 10.1. The van der Waals surface area contributed by atoms with Gasteiger partial charge < -0.3 is 46.0 Å². The number of nitrogens with one attached hydrogen (secondary N) is 1. The molecule has 1 aromatic carbocycles.